The Morgan fingerprint density at radius 3 is 2.39 bits per heavy atom. The van der Waals surface area contributed by atoms with Crippen molar-refractivity contribution >= 4 is 12.0 Å². The van der Waals surface area contributed by atoms with E-state index in [1.165, 1.54) is 63.9 Å². The molecule has 0 radical (unpaired) electrons. The lowest BCUT2D eigenvalue weighted by Crippen LogP contribution is -2.21. The smallest absolute Gasteiger partial charge is 0.330 e. The molecule has 0 amide bonds. The Hall–Kier alpha value is -2.29. The van der Waals surface area contributed by atoms with Gasteiger partial charge in [0.05, 0.1) is 6.61 Å². The molecule has 0 N–H and O–H groups in total. The van der Waals surface area contributed by atoms with Crippen LogP contribution in [0.1, 0.15) is 90.5 Å². The zero-order valence-corrected chi connectivity index (χ0v) is 19.7. The predicted octanol–water partition coefficient (Wildman–Crippen LogP) is 7.82. The van der Waals surface area contributed by atoms with E-state index in [4.69, 9.17) is 9.47 Å². The number of allylic oxidation sites excluding steroid dienone is 2. The fourth-order valence-corrected chi connectivity index (χ4v) is 3.87. The number of esters is 1. The highest BCUT2D eigenvalue weighted by Gasteiger charge is 2.20. The molecular weight excluding hydrogens is 384 g/mol. The van der Waals surface area contributed by atoms with Gasteiger partial charge in [-0.1, -0.05) is 88.6 Å². The molecule has 1 unspecified atom stereocenters. The Balaban J connectivity index is 1.90. The minimum atomic E-state index is -0.296. The van der Waals surface area contributed by atoms with Gasteiger partial charge in [0.2, 0.25) is 0 Å². The summed E-state index contributed by atoms with van der Waals surface area (Å²) in [4.78, 5) is 11.7. The zero-order valence-electron chi connectivity index (χ0n) is 19.7. The average Bonchev–Trinajstić information content (AvgIpc) is 2.76. The number of fused-ring (bicyclic) bond motifs is 1. The van der Waals surface area contributed by atoms with Gasteiger partial charge in [-0.15, -0.1) is 0 Å². The third kappa shape index (κ3) is 9.59. The monoisotopic (exact) mass is 424 g/mol. The van der Waals surface area contributed by atoms with E-state index in [-0.39, 0.29) is 12.1 Å². The normalized spacial score (nSPS) is 16.0. The van der Waals surface area contributed by atoms with Crippen molar-refractivity contribution in [2.24, 2.45) is 0 Å². The summed E-state index contributed by atoms with van der Waals surface area (Å²) >= 11 is 0. The van der Waals surface area contributed by atoms with Crippen LogP contribution in [0.2, 0.25) is 0 Å². The molecule has 0 saturated carbocycles. The Bertz CT molecular complexity index is 757. The molecule has 0 saturated heterocycles. The molecule has 0 aromatic heterocycles. The van der Waals surface area contributed by atoms with E-state index < -0.39 is 0 Å². The van der Waals surface area contributed by atoms with Crippen LogP contribution in [-0.4, -0.2) is 18.7 Å². The van der Waals surface area contributed by atoms with Gasteiger partial charge in [0.25, 0.3) is 0 Å². The minimum Gasteiger partial charge on any atom is -0.485 e. The Kier molecular flexibility index (Phi) is 11.8. The molecule has 1 aliphatic rings. The van der Waals surface area contributed by atoms with Crippen LogP contribution < -0.4 is 4.74 Å². The molecule has 0 spiro atoms. The highest BCUT2D eigenvalue weighted by Crippen LogP contribution is 2.32. The highest BCUT2D eigenvalue weighted by atomic mass is 16.5. The van der Waals surface area contributed by atoms with E-state index in [1.807, 2.05) is 38.1 Å². The molecule has 1 heterocycles. The summed E-state index contributed by atoms with van der Waals surface area (Å²) in [6, 6.07) is 8.18. The number of ether oxygens (including phenoxy) is 2. The summed E-state index contributed by atoms with van der Waals surface area (Å²) in [5, 5.41) is 0. The van der Waals surface area contributed by atoms with Gasteiger partial charge in [-0.25, -0.2) is 4.79 Å². The second kappa shape index (κ2) is 14.7. The highest BCUT2D eigenvalue weighted by molar-refractivity contribution is 5.83. The van der Waals surface area contributed by atoms with Gasteiger partial charge in [-0.2, -0.15) is 0 Å². The Morgan fingerprint density at radius 2 is 1.68 bits per heavy atom. The first kappa shape index (κ1) is 25.0. The molecule has 3 heteroatoms. The van der Waals surface area contributed by atoms with Crippen molar-refractivity contribution in [1.82, 2.24) is 0 Å². The quantitative estimate of drug-likeness (QED) is 0.132. The molecule has 2 rings (SSSR count). The van der Waals surface area contributed by atoms with Crippen molar-refractivity contribution < 1.29 is 14.3 Å². The van der Waals surface area contributed by atoms with Gasteiger partial charge in [0, 0.05) is 11.6 Å². The molecule has 0 bridgehead atoms. The number of benzene rings is 1. The summed E-state index contributed by atoms with van der Waals surface area (Å²) in [7, 11) is 0. The third-order valence-corrected chi connectivity index (χ3v) is 5.62. The second-order valence-electron chi connectivity index (χ2n) is 8.38. The summed E-state index contributed by atoms with van der Waals surface area (Å²) in [5.41, 5.74) is 3.15. The number of unbranched alkanes of at least 4 members (excludes halogenated alkanes) is 8. The van der Waals surface area contributed by atoms with E-state index in [2.05, 4.69) is 25.1 Å². The van der Waals surface area contributed by atoms with Crippen molar-refractivity contribution in [3.05, 3.63) is 59.2 Å². The molecule has 31 heavy (non-hydrogen) atoms. The fraction of sp³-hybridized carbons (Fsp3) is 0.536. The number of rotatable bonds is 14. The molecular formula is C28H40O3. The van der Waals surface area contributed by atoms with Crippen LogP contribution in [0.5, 0.6) is 5.75 Å². The van der Waals surface area contributed by atoms with Crippen molar-refractivity contribution in [1.29, 1.82) is 0 Å². The van der Waals surface area contributed by atoms with Gasteiger partial charge in [0.1, 0.15) is 11.9 Å². The standard InChI is InChI=1S/C28H40O3/c1-4-6-7-8-9-10-11-12-13-17-27-25(20-19-23(3)21-28(29)30-5-2)22-24-16-14-15-18-26(24)31-27/h14-16,18-22,27H,4-13,17H2,1-3H3/b20-19+,23-21+. The summed E-state index contributed by atoms with van der Waals surface area (Å²) in [6.45, 7) is 6.39. The van der Waals surface area contributed by atoms with Crippen LogP contribution in [0.15, 0.2) is 53.6 Å². The number of carbonyl (C=O) groups excluding carboxylic acids is 1. The summed E-state index contributed by atoms with van der Waals surface area (Å²) in [5.74, 6) is 0.662. The van der Waals surface area contributed by atoms with Crippen LogP contribution >= 0.6 is 0 Å². The molecule has 1 aromatic rings. The lowest BCUT2D eigenvalue weighted by atomic mass is 9.96. The first-order valence-corrected chi connectivity index (χ1v) is 12.1. The SMILES string of the molecule is CCCCCCCCCCCC1Oc2ccccc2C=C1/C=C/C(C)=C/C(=O)OCC. The second-order valence-corrected chi connectivity index (χ2v) is 8.38. The van der Waals surface area contributed by atoms with Crippen molar-refractivity contribution in [3.63, 3.8) is 0 Å². The molecule has 0 fully saturated rings. The van der Waals surface area contributed by atoms with Crippen molar-refractivity contribution in [3.8, 4) is 5.75 Å². The zero-order chi connectivity index (χ0) is 22.3. The van der Waals surface area contributed by atoms with Crippen LogP contribution in [0.3, 0.4) is 0 Å². The van der Waals surface area contributed by atoms with Crippen LogP contribution in [-0.2, 0) is 9.53 Å². The van der Waals surface area contributed by atoms with Crippen molar-refractivity contribution in [2.75, 3.05) is 6.61 Å². The molecule has 1 aromatic carbocycles. The molecule has 1 atom stereocenters. The molecule has 0 aliphatic carbocycles. The number of carbonyl (C=O) groups is 1. The Labute approximate surface area is 189 Å². The largest absolute Gasteiger partial charge is 0.485 e. The summed E-state index contributed by atoms with van der Waals surface area (Å²) < 4.78 is 11.3. The maximum absolute atomic E-state index is 11.7. The topological polar surface area (TPSA) is 35.5 Å². The van der Waals surface area contributed by atoms with E-state index >= 15 is 0 Å². The van der Waals surface area contributed by atoms with Crippen molar-refractivity contribution in [2.45, 2.75) is 91.1 Å². The van der Waals surface area contributed by atoms with E-state index in [1.54, 1.807) is 0 Å². The molecule has 1 aliphatic heterocycles. The lowest BCUT2D eigenvalue weighted by molar-refractivity contribution is -0.137. The molecule has 170 valence electrons. The van der Waals surface area contributed by atoms with Gasteiger partial charge in [0.15, 0.2) is 0 Å². The predicted molar refractivity (Wildman–Crippen MR) is 130 cm³/mol. The average molecular weight is 425 g/mol. The first-order valence-electron chi connectivity index (χ1n) is 12.1. The fourth-order valence-electron chi connectivity index (χ4n) is 3.87. The van der Waals surface area contributed by atoms with Crippen LogP contribution in [0, 0.1) is 0 Å². The van der Waals surface area contributed by atoms with E-state index in [9.17, 15) is 4.79 Å². The van der Waals surface area contributed by atoms with Gasteiger partial charge >= 0.3 is 5.97 Å². The maximum Gasteiger partial charge on any atom is 0.330 e. The minimum absolute atomic E-state index is 0.0612. The number of para-hydroxylation sites is 1. The molecule has 3 nitrogen and oxygen atoms in total. The van der Waals surface area contributed by atoms with Crippen LogP contribution in [0.4, 0.5) is 0 Å². The van der Waals surface area contributed by atoms with Gasteiger partial charge in [-0.05, 0) is 50.0 Å². The van der Waals surface area contributed by atoms with Crippen LogP contribution in [0.25, 0.3) is 6.08 Å². The van der Waals surface area contributed by atoms with Gasteiger partial charge < -0.3 is 9.47 Å². The number of hydrogen-bond acceptors (Lipinski definition) is 3. The van der Waals surface area contributed by atoms with Gasteiger partial charge in [-0.3, -0.25) is 0 Å². The third-order valence-electron chi connectivity index (χ3n) is 5.62. The lowest BCUT2D eigenvalue weighted by Gasteiger charge is -2.26. The number of hydrogen-bond donors (Lipinski definition) is 0. The summed E-state index contributed by atoms with van der Waals surface area (Å²) in [6.07, 6.45) is 20.8. The first-order chi connectivity index (χ1) is 15.1. The van der Waals surface area contributed by atoms with E-state index in [0.717, 1.165) is 28.9 Å². The maximum atomic E-state index is 11.7. The Morgan fingerprint density at radius 1 is 1.00 bits per heavy atom. The van der Waals surface area contributed by atoms with E-state index in [0.29, 0.717) is 6.61 Å².